The molecular weight excluding hydrogens is 260 g/mol. The van der Waals surface area contributed by atoms with Gasteiger partial charge >= 0.3 is 0 Å². The van der Waals surface area contributed by atoms with Crippen molar-refractivity contribution in [1.82, 2.24) is 10.2 Å². The van der Waals surface area contributed by atoms with Crippen molar-refractivity contribution in [3.05, 3.63) is 0 Å². The third kappa shape index (κ3) is 3.49. The predicted molar refractivity (Wildman–Crippen MR) is 75.3 cm³/mol. The smallest absolute Gasteiger partial charge is 0.249 e. The van der Waals surface area contributed by atoms with Crippen molar-refractivity contribution in [2.45, 2.75) is 45.2 Å². The molecule has 0 bridgehead atoms. The van der Waals surface area contributed by atoms with E-state index < -0.39 is 11.6 Å². The molecule has 116 valence electrons. The summed E-state index contributed by atoms with van der Waals surface area (Å²) < 4.78 is 10.3. The largest absolute Gasteiger partial charge is 0.382 e. The Bertz CT molecular complexity index is 342. The fourth-order valence-corrected chi connectivity index (χ4v) is 2.42. The number of amides is 2. The van der Waals surface area contributed by atoms with Gasteiger partial charge in [-0.1, -0.05) is 13.8 Å². The van der Waals surface area contributed by atoms with E-state index in [1.165, 1.54) is 0 Å². The SMILES string of the molecule is CCC1(CC)NC(=O)C(C)N(CCOCCOC)C1=O. The number of rotatable bonds is 8. The van der Waals surface area contributed by atoms with E-state index in [0.29, 0.717) is 39.2 Å². The summed E-state index contributed by atoms with van der Waals surface area (Å²) in [6.45, 7) is 7.45. The van der Waals surface area contributed by atoms with Gasteiger partial charge in [-0.3, -0.25) is 9.59 Å². The molecule has 1 unspecified atom stereocenters. The molecule has 6 nitrogen and oxygen atoms in total. The highest BCUT2D eigenvalue weighted by Crippen LogP contribution is 2.24. The second-order valence-electron chi connectivity index (χ2n) is 5.06. The van der Waals surface area contributed by atoms with E-state index >= 15 is 0 Å². The standard InChI is InChI=1S/C14H26N2O4/c1-5-14(6-2)13(18)16(11(3)12(17)15-14)7-8-20-10-9-19-4/h11H,5-10H2,1-4H3,(H,15,17). The number of nitrogens with one attached hydrogen (secondary N) is 1. The van der Waals surface area contributed by atoms with Crippen molar-refractivity contribution in [2.75, 3.05) is 33.5 Å². The van der Waals surface area contributed by atoms with Crippen LogP contribution in [0.4, 0.5) is 0 Å². The number of carbonyl (C=O) groups is 2. The summed E-state index contributed by atoms with van der Waals surface area (Å²) in [5.41, 5.74) is -0.754. The maximum Gasteiger partial charge on any atom is 0.249 e. The van der Waals surface area contributed by atoms with E-state index in [-0.39, 0.29) is 11.8 Å². The van der Waals surface area contributed by atoms with Gasteiger partial charge in [0.2, 0.25) is 11.8 Å². The van der Waals surface area contributed by atoms with Crippen molar-refractivity contribution >= 4 is 11.8 Å². The highest BCUT2D eigenvalue weighted by molar-refractivity contribution is 5.99. The van der Waals surface area contributed by atoms with Crippen LogP contribution in [0.25, 0.3) is 0 Å². The van der Waals surface area contributed by atoms with Crippen LogP contribution in [-0.4, -0.2) is 61.8 Å². The maximum absolute atomic E-state index is 12.6. The molecule has 0 aliphatic carbocycles. The fourth-order valence-electron chi connectivity index (χ4n) is 2.42. The highest BCUT2D eigenvalue weighted by Gasteiger charge is 2.47. The Morgan fingerprint density at radius 1 is 1.20 bits per heavy atom. The van der Waals surface area contributed by atoms with Gasteiger partial charge in [-0.25, -0.2) is 0 Å². The molecule has 6 heteroatoms. The Morgan fingerprint density at radius 3 is 2.40 bits per heavy atom. The second kappa shape index (κ2) is 7.59. The first-order chi connectivity index (χ1) is 9.52. The van der Waals surface area contributed by atoms with E-state index in [9.17, 15) is 9.59 Å². The molecule has 0 radical (unpaired) electrons. The molecule has 1 rings (SSSR count). The van der Waals surface area contributed by atoms with Gasteiger partial charge < -0.3 is 19.7 Å². The minimum Gasteiger partial charge on any atom is -0.382 e. The van der Waals surface area contributed by atoms with Gasteiger partial charge in [0.25, 0.3) is 0 Å². The van der Waals surface area contributed by atoms with Crippen LogP contribution in [0.5, 0.6) is 0 Å². The van der Waals surface area contributed by atoms with E-state index in [1.54, 1.807) is 18.9 Å². The lowest BCUT2D eigenvalue weighted by Crippen LogP contribution is -2.69. The van der Waals surface area contributed by atoms with Crippen LogP contribution in [0.1, 0.15) is 33.6 Å². The van der Waals surface area contributed by atoms with Crippen molar-refractivity contribution in [3.8, 4) is 0 Å². The van der Waals surface area contributed by atoms with Crippen molar-refractivity contribution in [3.63, 3.8) is 0 Å². The summed E-state index contributed by atoms with van der Waals surface area (Å²) >= 11 is 0. The van der Waals surface area contributed by atoms with Gasteiger partial charge in [-0.15, -0.1) is 0 Å². The number of methoxy groups -OCH3 is 1. The monoisotopic (exact) mass is 286 g/mol. The number of hydrogen-bond donors (Lipinski definition) is 1. The first kappa shape index (κ1) is 16.9. The summed E-state index contributed by atoms with van der Waals surface area (Å²) in [5.74, 6) is -0.102. The Morgan fingerprint density at radius 2 is 1.85 bits per heavy atom. The van der Waals surface area contributed by atoms with Crippen molar-refractivity contribution < 1.29 is 19.1 Å². The van der Waals surface area contributed by atoms with Crippen LogP contribution in [-0.2, 0) is 19.1 Å². The number of hydrogen-bond acceptors (Lipinski definition) is 4. The zero-order valence-corrected chi connectivity index (χ0v) is 12.9. The molecule has 0 aromatic carbocycles. The van der Waals surface area contributed by atoms with E-state index in [4.69, 9.17) is 9.47 Å². The Labute approximate surface area is 120 Å². The van der Waals surface area contributed by atoms with Crippen LogP contribution >= 0.6 is 0 Å². The van der Waals surface area contributed by atoms with Gasteiger partial charge in [0, 0.05) is 13.7 Å². The van der Waals surface area contributed by atoms with Gasteiger partial charge in [-0.2, -0.15) is 0 Å². The average Bonchev–Trinajstić information content (AvgIpc) is 2.46. The summed E-state index contributed by atoms with van der Waals surface area (Å²) in [6, 6.07) is -0.445. The molecule has 1 fully saturated rings. The summed E-state index contributed by atoms with van der Waals surface area (Å²) in [4.78, 5) is 26.3. The second-order valence-corrected chi connectivity index (χ2v) is 5.06. The van der Waals surface area contributed by atoms with Crippen LogP contribution < -0.4 is 5.32 Å². The van der Waals surface area contributed by atoms with Crippen molar-refractivity contribution in [2.24, 2.45) is 0 Å². The third-order valence-electron chi connectivity index (χ3n) is 4.00. The van der Waals surface area contributed by atoms with Crippen LogP contribution in [0, 0.1) is 0 Å². The van der Waals surface area contributed by atoms with Gasteiger partial charge in [-0.05, 0) is 19.8 Å². The molecule has 0 saturated carbocycles. The summed E-state index contributed by atoms with van der Waals surface area (Å²) in [6.07, 6.45) is 1.20. The zero-order chi connectivity index (χ0) is 15.2. The molecule has 1 heterocycles. The molecule has 1 aliphatic heterocycles. The summed E-state index contributed by atoms with van der Waals surface area (Å²) in [7, 11) is 1.61. The first-order valence-corrected chi connectivity index (χ1v) is 7.22. The third-order valence-corrected chi connectivity index (χ3v) is 4.00. The minimum atomic E-state index is -0.754. The molecular formula is C14H26N2O4. The van der Waals surface area contributed by atoms with Gasteiger partial charge in [0.1, 0.15) is 11.6 Å². The molecule has 2 amide bonds. The lowest BCUT2D eigenvalue weighted by Gasteiger charge is -2.44. The Hall–Kier alpha value is -1.14. The van der Waals surface area contributed by atoms with E-state index in [1.807, 2.05) is 13.8 Å². The number of ether oxygens (including phenoxy) is 2. The molecule has 0 spiro atoms. The molecule has 1 atom stereocenters. The highest BCUT2D eigenvalue weighted by atomic mass is 16.5. The molecule has 1 saturated heterocycles. The maximum atomic E-state index is 12.6. The molecule has 1 N–H and O–H groups in total. The Balaban J connectivity index is 2.66. The summed E-state index contributed by atoms with van der Waals surface area (Å²) in [5, 5.41) is 2.88. The average molecular weight is 286 g/mol. The van der Waals surface area contributed by atoms with Crippen LogP contribution in [0.3, 0.4) is 0 Å². The van der Waals surface area contributed by atoms with Gasteiger partial charge in [0.05, 0.1) is 19.8 Å². The predicted octanol–water partition coefficient (Wildman–Crippen LogP) is 0.555. The van der Waals surface area contributed by atoms with E-state index in [2.05, 4.69) is 5.32 Å². The Kier molecular flexibility index (Phi) is 6.42. The van der Waals surface area contributed by atoms with Gasteiger partial charge in [0.15, 0.2) is 0 Å². The molecule has 0 aromatic heterocycles. The first-order valence-electron chi connectivity index (χ1n) is 7.22. The van der Waals surface area contributed by atoms with Crippen LogP contribution in [0.15, 0.2) is 0 Å². The lowest BCUT2D eigenvalue weighted by atomic mass is 9.87. The topological polar surface area (TPSA) is 67.9 Å². The lowest BCUT2D eigenvalue weighted by molar-refractivity contribution is -0.155. The molecule has 0 aromatic rings. The fraction of sp³-hybridized carbons (Fsp3) is 0.857. The molecule has 1 aliphatic rings. The van der Waals surface area contributed by atoms with Crippen molar-refractivity contribution in [1.29, 1.82) is 0 Å². The minimum absolute atomic E-state index is 0.00931. The van der Waals surface area contributed by atoms with E-state index in [0.717, 1.165) is 0 Å². The number of piperazine rings is 1. The number of nitrogens with zero attached hydrogens (tertiary/aromatic N) is 1. The quantitative estimate of drug-likeness (QED) is 0.662. The number of carbonyl (C=O) groups excluding carboxylic acids is 2. The van der Waals surface area contributed by atoms with Crippen LogP contribution in [0.2, 0.25) is 0 Å². The zero-order valence-electron chi connectivity index (χ0n) is 12.9. The molecule has 20 heavy (non-hydrogen) atoms. The normalized spacial score (nSPS) is 22.0.